The first-order valence-electron chi connectivity index (χ1n) is 11.3. The van der Waals surface area contributed by atoms with Gasteiger partial charge in [0.2, 0.25) is 0 Å². The smallest absolute Gasteiger partial charge is 0.258 e. The second-order valence-corrected chi connectivity index (χ2v) is 9.29. The number of anilines is 1. The zero-order valence-corrected chi connectivity index (χ0v) is 20.4. The molecule has 4 rings (SSSR count). The first kappa shape index (κ1) is 24.2. The van der Waals surface area contributed by atoms with E-state index in [1.807, 2.05) is 32.1 Å². The Labute approximate surface area is 202 Å². The second kappa shape index (κ2) is 9.76. The number of nitrogens with zero attached hydrogens (tertiary/aromatic N) is 3. The number of ether oxygens (including phenoxy) is 2. The van der Waals surface area contributed by atoms with Gasteiger partial charge in [-0.2, -0.15) is 0 Å². The van der Waals surface area contributed by atoms with E-state index in [0.717, 1.165) is 6.42 Å². The van der Waals surface area contributed by atoms with Crippen LogP contribution in [0.5, 0.6) is 5.75 Å². The third kappa shape index (κ3) is 4.54. The lowest BCUT2D eigenvalue weighted by atomic mass is 9.95. The summed E-state index contributed by atoms with van der Waals surface area (Å²) < 4.78 is 28.5. The fourth-order valence-electron chi connectivity index (χ4n) is 4.30. The molecular weight excluding hydrogens is 461 g/mol. The van der Waals surface area contributed by atoms with Crippen LogP contribution in [0.25, 0.3) is 5.52 Å². The minimum atomic E-state index is -0.814. The van der Waals surface area contributed by atoms with Crippen molar-refractivity contribution in [3.05, 3.63) is 51.9 Å². The molecule has 0 bridgehead atoms. The molecule has 1 aromatic carbocycles. The topological polar surface area (TPSA) is 104 Å². The molecule has 3 N–H and O–H groups in total. The van der Waals surface area contributed by atoms with Crippen LogP contribution in [-0.2, 0) is 4.74 Å². The highest BCUT2D eigenvalue weighted by Crippen LogP contribution is 2.40. The summed E-state index contributed by atoms with van der Waals surface area (Å²) in [6.45, 7) is 9.00. The molecule has 8 nitrogen and oxygen atoms in total. The number of amides is 1. The van der Waals surface area contributed by atoms with Crippen LogP contribution in [0.3, 0.4) is 0 Å². The predicted molar refractivity (Wildman–Crippen MR) is 128 cm³/mol. The second-order valence-electron chi connectivity index (χ2n) is 8.88. The maximum Gasteiger partial charge on any atom is 0.258 e. The van der Waals surface area contributed by atoms with E-state index >= 15 is 4.39 Å². The molecule has 1 aliphatic heterocycles. The third-order valence-electron chi connectivity index (χ3n) is 6.00. The highest BCUT2D eigenvalue weighted by Gasteiger charge is 2.30. The number of carbonyl (C=O) groups is 1. The zero-order chi connectivity index (χ0) is 24.6. The Hall–Kier alpha value is -2.91. The van der Waals surface area contributed by atoms with Crippen LogP contribution >= 0.6 is 11.6 Å². The summed E-state index contributed by atoms with van der Waals surface area (Å²) in [6.07, 6.45) is 3.90. The molecule has 3 heterocycles. The van der Waals surface area contributed by atoms with E-state index in [0.29, 0.717) is 48.2 Å². The fourth-order valence-corrected chi connectivity index (χ4v) is 4.51. The number of rotatable bonds is 7. The van der Waals surface area contributed by atoms with Crippen molar-refractivity contribution >= 4 is 28.8 Å². The number of nitrogens with two attached hydrogens (primary N) is 1. The van der Waals surface area contributed by atoms with E-state index in [2.05, 4.69) is 10.3 Å². The number of hydrogen-bond donors (Lipinski definition) is 2. The molecular formula is C24H29ClFN5O3. The van der Waals surface area contributed by atoms with Gasteiger partial charge >= 0.3 is 0 Å². The Balaban J connectivity index is 1.81. The van der Waals surface area contributed by atoms with Crippen molar-refractivity contribution in [1.82, 2.24) is 19.7 Å². The van der Waals surface area contributed by atoms with E-state index in [4.69, 9.17) is 31.8 Å². The Morgan fingerprint density at radius 1 is 1.44 bits per heavy atom. The molecule has 2 aromatic heterocycles. The maximum atomic E-state index is 15.3. The Kier molecular flexibility index (Phi) is 6.95. The first-order chi connectivity index (χ1) is 16.2. The van der Waals surface area contributed by atoms with Crippen molar-refractivity contribution in [3.8, 4) is 5.75 Å². The lowest BCUT2D eigenvalue weighted by Crippen LogP contribution is -2.31. The monoisotopic (exact) mass is 489 g/mol. The standard InChI is InChI=1S/C24H29ClFN5O3/c1-12(2)34-21-16(13(3)23-30-14(4)20-22(27)28-6-7-31(20)23)9-17(25)19(26)18(21)24(32)29-10-15-5-8-33-11-15/h6-7,9,12-13,15H,5,8,10-11H2,1-4H3,(H2,27,28)(H,29,32)/t13-,15-/m0/s1. The Bertz CT molecular complexity index is 1220. The average Bonchev–Trinajstić information content (AvgIpc) is 3.42. The summed E-state index contributed by atoms with van der Waals surface area (Å²) in [5, 5.41) is 2.67. The van der Waals surface area contributed by atoms with Gasteiger partial charge in [-0.05, 0) is 33.3 Å². The number of imidazole rings is 1. The van der Waals surface area contributed by atoms with E-state index in [1.54, 1.807) is 12.4 Å². The molecule has 1 saturated heterocycles. The van der Waals surface area contributed by atoms with Gasteiger partial charge in [0.1, 0.15) is 28.5 Å². The van der Waals surface area contributed by atoms with Crippen LogP contribution in [0.15, 0.2) is 18.5 Å². The van der Waals surface area contributed by atoms with Crippen LogP contribution in [0.2, 0.25) is 5.02 Å². The van der Waals surface area contributed by atoms with Crippen molar-refractivity contribution in [2.45, 2.75) is 46.1 Å². The lowest BCUT2D eigenvalue weighted by molar-refractivity contribution is 0.0934. The molecule has 182 valence electrons. The number of carbonyl (C=O) groups excluding carboxylic acids is 1. The van der Waals surface area contributed by atoms with Crippen LogP contribution < -0.4 is 15.8 Å². The molecule has 0 unspecified atom stereocenters. The van der Waals surface area contributed by atoms with Crippen molar-refractivity contribution < 1.29 is 18.7 Å². The minimum Gasteiger partial charge on any atom is -0.490 e. The van der Waals surface area contributed by atoms with Crippen molar-refractivity contribution in [2.24, 2.45) is 5.92 Å². The summed E-state index contributed by atoms with van der Waals surface area (Å²) >= 11 is 6.29. The van der Waals surface area contributed by atoms with Crippen molar-refractivity contribution in [1.29, 1.82) is 0 Å². The number of nitrogens with one attached hydrogen (secondary N) is 1. The molecule has 1 aliphatic rings. The SMILES string of the molecule is Cc1nc([C@@H](C)c2cc(Cl)c(F)c(C(=O)NC[C@@H]3CCOC3)c2OC(C)C)n2ccnc(N)c12. The third-order valence-corrected chi connectivity index (χ3v) is 6.27. The molecule has 0 aliphatic carbocycles. The van der Waals surface area contributed by atoms with E-state index in [9.17, 15) is 4.79 Å². The number of nitrogen functional groups attached to an aromatic ring is 1. The van der Waals surface area contributed by atoms with Gasteiger partial charge in [-0.3, -0.25) is 9.20 Å². The number of fused-ring (bicyclic) bond motifs is 1. The number of aryl methyl sites for hydroxylation is 1. The summed E-state index contributed by atoms with van der Waals surface area (Å²) in [7, 11) is 0. The molecule has 34 heavy (non-hydrogen) atoms. The molecule has 0 spiro atoms. The summed E-state index contributed by atoms with van der Waals surface area (Å²) in [5.41, 5.74) is 7.82. The Morgan fingerprint density at radius 2 is 2.21 bits per heavy atom. The van der Waals surface area contributed by atoms with Crippen LogP contribution in [0, 0.1) is 18.7 Å². The number of aromatic nitrogens is 3. The highest BCUT2D eigenvalue weighted by atomic mass is 35.5. The quantitative estimate of drug-likeness (QED) is 0.517. The molecule has 10 heteroatoms. The molecule has 2 atom stereocenters. The lowest BCUT2D eigenvalue weighted by Gasteiger charge is -2.23. The van der Waals surface area contributed by atoms with Crippen molar-refractivity contribution in [3.63, 3.8) is 0 Å². The van der Waals surface area contributed by atoms with Gasteiger partial charge < -0.3 is 20.5 Å². The summed E-state index contributed by atoms with van der Waals surface area (Å²) in [5.74, 6) is -0.437. The van der Waals surface area contributed by atoms with Gasteiger partial charge in [0.25, 0.3) is 5.91 Å². The molecule has 3 aromatic rings. The van der Waals surface area contributed by atoms with E-state index in [1.165, 1.54) is 6.07 Å². The van der Waals surface area contributed by atoms with Gasteiger partial charge in [-0.15, -0.1) is 0 Å². The molecule has 0 radical (unpaired) electrons. The Morgan fingerprint density at radius 3 is 2.88 bits per heavy atom. The van der Waals surface area contributed by atoms with Crippen LogP contribution in [-0.4, -0.2) is 46.1 Å². The molecule has 1 amide bonds. The van der Waals surface area contributed by atoms with E-state index < -0.39 is 17.6 Å². The van der Waals surface area contributed by atoms with E-state index in [-0.39, 0.29) is 28.4 Å². The normalized spacial score (nSPS) is 16.9. The number of benzene rings is 1. The predicted octanol–water partition coefficient (Wildman–Crippen LogP) is 4.12. The highest BCUT2D eigenvalue weighted by molar-refractivity contribution is 6.31. The minimum absolute atomic E-state index is 0.154. The number of hydrogen-bond acceptors (Lipinski definition) is 6. The molecule has 1 fully saturated rings. The van der Waals surface area contributed by atoms with Gasteiger partial charge in [0.15, 0.2) is 5.82 Å². The average molecular weight is 490 g/mol. The van der Waals surface area contributed by atoms with Gasteiger partial charge in [-0.1, -0.05) is 18.5 Å². The van der Waals surface area contributed by atoms with Gasteiger partial charge in [0.05, 0.1) is 23.4 Å². The summed E-state index contributed by atoms with van der Waals surface area (Å²) in [6, 6.07) is 1.50. The van der Waals surface area contributed by atoms with Crippen molar-refractivity contribution in [2.75, 3.05) is 25.5 Å². The largest absolute Gasteiger partial charge is 0.490 e. The fraction of sp³-hybridized carbons (Fsp3) is 0.458. The van der Waals surface area contributed by atoms with Gasteiger partial charge in [-0.25, -0.2) is 14.4 Å². The van der Waals surface area contributed by atoms with Gasteiger partial charge in [0, 0.05) is 42.9 Å². The number of halogens is 2. The zero-order valence-electron chi connectivity index (χ0n) is 19.7. The first-order valence-corrected chi connectivity index (χ1v) is 11.7. The van der Waals surface area contributed by atoms with Crippen LogP contribution in [0.1, 0.15) is 60.5 Å². The molecule has 0 saturated carbocycles. The summed E-state index contributed by atoms with van der Waals surface area (Å²) in [4.78, 5) is 22.0. The van der Waals surface area contributed by atoms with Crippen LogP contribution in [0.4, 0.5) is 10.2 Å². The maximum absolute atomic E-state index is 15.3.